The molecule has 0 aliphatic heterocycles. The summed E-state index contributed by atoms with van der Waals surface area (Å²) in [6, 6.07) is 12.9. The largest absolute Gasteiger partial charge is 0.495 e. The highest BCUT2D eigenvalue weighted by molar-refractivity contribution is 5.94. The number of ether oxygens (including phenoxy) is 2. The minimum Gasteiger partial charge on any atom is -0.495 e. The first kappa shape index (κ1) is 16.5. The monoisotopic (exact) mass is 322 g/mol. The molecule has 0 saturated carbocycles. The Bertz CT molecular complexity index is 648. The van der Waals surface area contributed by atoms with Crippen LogP contribution in [0.2, 0.25) is 0 Å². The van der Waals surface area contributed by atoms with Crippen molar-refractivity contribution in [1.82, 2.24) is 0 Å². The van der Waals surface area contributed by atoms with Crippen molar-refractivity contribution in [3.05, 3.63) is 48.5 Å². The number of methoxy groups -OCH3 is 1. The summed E-state index contributed by atoms with van der Waals surface area (Å²) in [6.45, 7) is -2.84. The van der Waals surface area contributed by atoms with Crippen molar-refractivity contribution in [1.29, 1.82) is 0 Å². The number of halogens is 2. The van der Waals surface area contributed by atoms with Crippen LogP contribution in [0.5, 0.6) is 11.5 Å². The van der Waals surface area contributed by atoms with E-state index in [0.717, 1.165) is 0 Å². The molecule has 0 unspecified atom stereocenters. The third-order valence-electron chi connectivity index (χ3n) is 2.91. The Labute approximate surface area is 132 Å². The van der Waals surface area contributed by atoms with Crippen LogP contribution < -0.4 is 20.1 Å². The van der Waals surface area contributed by atoms with Crippen LogP contribution in [0.3, 0.4) is 0 Å². The number of carbonyl (C=O) groups is 1. The van der Waals surface area contributed by atoms with E-state index in [9.17, 15) is 13.6 Å². The van der Waals surface area contributed by atoms with Gasteiger partial charge in [-0.3, -0.25) is 4.79 Å². The molecule has 0 atom stereocenters. The minimum atomic E-state index is -2.87. The van der Waals surface area contributed by atoms with Crippen LogP contribution in [-0.4, -0.2) is 26.2 Å². The quantitative estimate of drug-likeness (QED) is 0.821. The van der Waals surface area contributed by atoms with Gasteiger partial charge in [0.2, 0.25) is 5.91 Å². The van der Waals surface area contributed by atoms with E-state index in [1.54, 1.807) is 19.2 Å². The zero-order valence-corrected chi connectivity index (χ0v) is 12.4. The maximum Gasteiger partial charge on any atom is 0.387 e. The zero-order valence-electron chi connectivity index (χ0n) is 12.4. The maximum absolute atomic E-state index is 12.0. The topological polar surface area (TPSA) is 59.6 Å². The van der Waals surface area contributed by atoms with Crippen molar-refractivity contribution < 1.29 is 23.0 Å². The summed E-state index contributed by atoms with van der Waals surface area (Å²) >= 11 is 0. The van der Waals surface area contributed by atoms with Gasteiger partial charge in [0.25, 0.3) is 0 Å². The van der Waals surface area contributed by atoms with E-state index >= 15 is 0 Å². The molecule has 122 valence electrons. The number of para-hydroxylation sites is 2. The molecule has 0 saturated heterocycles. The molecular formula is C16H16F2N2O3. The average molecular weight is 322 g/mol. The third kappa shape index (κ3) is 5.14. The van der Waals surface area contributed by atoms with E-state index in [1.165, 1.54) is 24.3 Å². The molecule has 0 aliphatic rings. The summed E-state index contributed by atoms with van der Waals surface area (Å²) in [5.74, 6) is 0.386. The molecule has 0 radical (unpaired) electrons. The molecule has 2 aromatic rings. The maximum atomic E-state index is 12.0. The fraction of sp³-hybridized carbons (Fsp3) is 0.188. The van der Waals surface area contributed by atoms with Gasteiger partial charge in [0.05, 0.1) is 19.3 Å². The smallest absolute Gasteiger partial charge is 0.387 e. The Hall–Kier alpha value is -2.83. The first-order chi connectivity index (χ1) is 11.1. The van der Waals surface area contributed by atoms with E-state index in [2.05, 4.69) is 15.4 Å². The van der Waals surface area contributed by atoms with Crippen LogP contribution in [0.4, 0.5) is 20.2 Å². The second-order valence-electron chi connectivity index (χ2n) is 4.50. The van der Waals surface area contributed by atoms with E-state index in [1.807, 2.05) is 12.1 Å². The Balaban J connectivity index is 1.87. The van der Waals surface area contributed by atoms with Crippen molar-refractivity contribution in [2.75, 3.05) is 24.3 Å². The van der Waals surface area contributed by atoms with Crippen molar-refractivity contribution in [3.63, 3.8) is 0 Å². The molecule has 7 heteroatoms. The second-order valence-corrected chi connectivity index (χ2v) is 4.50. The Morgan fingerprint density at radius 2 is 1.83 bits per heavy atom. The second kappa shape index (κ2) is 7.98. The number of hydrogen-bond acceptors (Lipinski definition) is 4. The SMILES string of the molecule is COc1ccccc1NCC(=O)Nc1ccc(OC(F)F)cc1. The normalized spacial score (nSPS) is 10.3. The Kier molecular flexibility index (Phi) is 5.74. The van der Waals surface area contributed by atoms with Crippen LogP contribution in [0, 0.1) is 0 Å². The van der Waals surface area contributed by atoms with Gasteiger partial charge in [0.15, 0.2) is 0 Å². The predicted molar refractivity (Wildman–Crippen MR) is 83.2 cm³/mol. The van der Waals surface area contributed by atoms with Gasteiger partial charge in [-0.1, -0.05) is 12.1 Å². The molecule has 0 heterocycles. The lowest BCUT2D eigenvalue weighted by molar-refractivity contribution is -0.114. The fourth-order valence-corrected chi connectivity index (χ4v) is 1.89. The number of rotatable bonds is 7. The van der Waals surface area contributed by atoms with Crippen molar-refractivity contribution >= 4 is 17.3 Å². The number of nitrogens with one attached hydrogen (secondary N) is 2. The predicted octanol–water partition coefficient (Wildman–Crippen LogP) is 3.35. The number of amides is 1. The zero-order chi connectivity index (χ0) is 16.7. The summed E-state index contributed by atoms with van der Waals surface area (Å²) < 4.78 is 33.5. The molecule has 2 aromatic carbocycles. The summed E-state index contributed by atoms with van der Waals surface area (Å²) in [5.41, 5.74) is 1.18. The molecule has 23 heavy (non-hydrogen) atoms. The van der Waals surface area contributed by atoms with E-state index in [0.29, 0.717) is 17.1 Å². The van der Waals surface area contributed by atoms with Crippen LogP contribution in [0.1, 0.15) is 0 Å². The van der Waals surface area contributed by atoms with Crippen LogP contribution in [0.15, 0.2) is 48.5 Å². The van der Waals surface area contributed by atoms with Gasteiger partial charge in [0, 0.05) is 5.69 Å². The molecule has 2 rings (SSSR count). The molecule has 0 spiro atoms. The van der Waals surface area contributed by atoms with Gasteiger partial charge in [0.1, 0.15) is 11.5 Å². The molecule has 1 amide bonds. The van der Waals surface area contributed by atoms with Crippen molar-refractivity contribution in [2.45, 2.75) is 6.61 Å². The molecular weight excluding hydrogens is 306 g/mol. The third-order valence-corrected chi connectivity index (χ3v) is 2.91. The van der Waals surface area contributed by atoms with Gasteiger partial charge in [-0.15, -0.1) is 0 Å². The summed E-state index contributed by atoms with van der Waals surface area (Å²) in [5, 5.41) is 5.61. The summed E-state index contributed by atoms with van der Waals surface area (Å²) in [4.78, 5) is 11.9. The molecule has 0 aliphatic carbocycles. The lowest BCUT2D eigenvalue weighted by atomic mass is 10.3. The number of anilines is 2. The van der Waals surface area contributed by atoms with Crippen molar-refractivity contribution in [3.8, 4) is 11.5 Å². The highest BCUT2D eigenvalue weighted by atomic mass is 19.3. The summed E-state index contributed by atoms with van der Waals surface area (Å²) in [6.07, 6.45) is 0. The van der Waals surface area contributed by atoms with Gasteiger partial charge in [-0.25, -0.2) is 0 Å². The molecule has 2 N–H and O–H groups in total. The lowest BCUT2D eigenvalue weighted by Crippen LogP contribution is -2.21. The van der Waals surface area contributed by atoms with E-state index in [-0.39, 0.29) is 18.2 Å². The van der Waals surface area contributed by atoms with Crippen molar-refractivity contribution in [2.24, 2.45) is 0 Å². The van der Waals surface area contributed by atoms with Crippen LogP contribution in [-0.2, 0) is 4.79 Å². The van der Waals surface area contributed by atoms with Crippen LogP contribution in [0.25, 0.3) is 0 Å². The highest BCUT2D eigenvalue weighted by Crippen LogP contribution is 2.22. The Morgan fingerprint density at radius 3 is 2.48 bits per heavy atom. The number of hydrogen-bond donors (Lipinski definition) is 2. The number of carbonyl (C=O) groups excluding carboxylic acids is 1. The number of alkyl halides is 2. The first-order valence-electron chi connectivity index (χ1n) is 6.80. The first-order valence-corrected chi connectivity index (χ1v) is 6.80. The standard InChI is InChI=1S/C16H16F2N2O3/c1-22-14-5-3-2-4-13(14)19-10-15(21)20-11-6-8-12(9-7-11)23-16(17)18/h2-9,16,19H,10H2,1H3,(H,20,21). The van der Waals surface area contributed by atoms with Gasteiger partial charge in [-0.05, 0) is 36.4 Å². The molecule has 5 nitrogen and oxygen atoms in total. The highest BCUT2D eigenvalue weighted by Gasteiger charge is 2.07. The molecule has 0 bridgehead atoms. The van der Waals surface area contributed by atoms with Gasteiger partial charge >= 0.3 is 6.61 Å². The van der Waals surface area contributed by atoms with Gasteiger partial charge in [-0.2, -0.15) is 8.78 Å². The Morgan fingerprint density at radius 1 is 1.13 bits per heavy atom. The number of benzene rings is 2. The minimum absolute atomic E-state index is 0.0325. The van der Waals surface area contributed by atoms with E-state index < -0.39 is 6.61 Å². The average Bonchev–Trinajstić information content (AvgIpc) is 2.54. The van der Waals surface area contributed by atoms with Gasteiger partial charge < -0.3 is 20.1 Å². The van der Waals surface area contributed by atoms with Crippen LogP contribution >= 0.6 is 0 Å². The summed E-state index contributed by atoms with van der Waals surface area (Å²) in [7, 11) is 1.55. The fourth-order valence-electron chi connectivity index (χ4n) is 1.89. The van der Waals surface area contributed by atoms with E-state index in [4.69, 9.17) is 4.74 Å². The molecule has 0 fully saturated rings. The lowest BCUT2D eigenvalue weighted by Gasteiger charge is -2.11. The molecule has 0 aromatic heterocycles.